The summed E-state index contributed by atoms with van der Waals surface area (Å²) >= 11 is 0. The van der Waals surface area contributed by atoms with Gasteiger partial charge in [-0.25, -0.2) is 0 Å². The first-order valence-corrected chi connectivity index (χ1v) is 7.32. The summed E-state index contributed by atoms with van der Waals surface area (Å²) in [4.78, 5) is 14.1. The SMILES string of the molecule is COC(=O)C(CCN1CCCC(OC)C1)NC1CC1. The number of esters is 1. The van der Waals surface area contributed by atoms with Crippen LogP contribution in [-0.2, 0) is 14.3 Å². The maximum Gasteiger partial charge on any atom is 0.322 e. The van der Waals surface area contributed by atoms with E-state index in [0.717, 1.165) is 32.5 Å². The summed E-state index contributed by atoms with van der Waals surface area (Å²) in [7, 11) is 3.24. The number of rotatable bonds is 7. The Bertz CT molecular complexity index is 294. The number of carbonyl (C=O) groups excluding carboxylic acids is 1. The molecule has 1 heterocycles. The first-order chi connectivity index (χ1) is 9.22. The van der Waals surface area contributed by atoms with Crippen molar-refractivity contribution in [1.82, 2.24) is 10.2 Å². The molecule has 2 unspecified atom stereocenters. The molecule has 0 spiro atoms. The average Bonchev–Trinajstić information content (AvgIpc) is 3.26. The van der Waals surface area contributed by atoms with Crippen LogP contribution in [0.1, 0.15) is 32.1 Å². The van der Waals surface area contributed by atoms with Crippen molar-refractivity contribution in [2.45, 2.75) is 50.3 Å². The van der Waals surface area contributed by atoms with Gasteiger partial charge in [0.05, 0.1) is 13.2 Å². The molecule has 0 aromatic heterocycles. The van der Waals surface area contributed by atoms with Gasteiger partial charge in [-0.05, 0) is 38.6 Å². The summed E-state index contributed by atoms with van der Waals surface area (Å²) in [5, 5.41) is 3.37. The van der Waals surface area contributed by atoms with E-state index >= 15 is 0 Å². The van der Waals surface area contributed by atoms with Gasteiger partial charge in [-0.2, -0.15) is 0 Å². The summed E-state index contributed by atoms with van der Waals surface area (Å²) in [6, 6.07) is 0.373. The molecule has 5 nitrogen and oxygen atoms in total. The Balaban J connectivity index is 1.75. The molecule has 1 aliphatic heterocycles. The van der Waals surface area contributed by atoms with Gasteiger partial charge in [0.15, 0.2) is 0 Å². The highest BCUT2D eigenvalue weighted by atomic mass is 16.5. The lowest BCUT2D eigenvalue weighted by atomic mass is 10.1. The van der Waals surface area contributed by atoms with Gasteiger partial charge >= 0.3 is 5.97 Å². The molecule has 5 heteroatoms. The fourth-order valence-corrected chi connectivity index (χ4v) is 2.67. The van der Waals surface area contributed by atoms with Crippen LogP contribution >= 0.6 is 0 Å². The lowest BCUT2D eigenvalue weighted by molar-refractivity contribution is -0.143. The minimum Gasteiger partial charge on any atom is -0.468 e. The molecule has 1 aliphatic carbocycles. The minimum atomic E-state index is -0.152. The second-order valence-corrected chi connectivity index (χ2v) is 5.61. The number of hydrogen-bond donors (Lipinski definition) is 1. The first-order valence-electron chi connectivity index (χ1n) is 7.32. The van der Waals surface area contributed by atoms with E-state index < -0.39 is 0 Å². The Morgan fingerprint density at radius 2 is 2.16 bits per heavy atom. The number of methoxy groups -OCH3 is 2. The van der Waals surface area contributed by atoms with Crippen molar-refractivity contribution < 1.29 is 14.3 Å². The average molecular weight is 270 g/mol. The second-order valence-electron chi connectivity index (χ2n) is 5.61. The third kappa shape index (κ3) is 4.75. The molecule has 2 fully saturated rings. The third-order valence-corrected chi connectivity index (χ3v) is 4.03. The quantitative estimate of drug-likeness (QED) is 0.693. The smallest absolute Gasteiger partial charge is 0.322 e. The van der Waals surface area contributed by atoms with E-state index in [1.807, 2.05) is 0 Å². The Kier molecular flexibility index (Phi) is 5.60. The number of hydrogen-bond acceptors (Lipinski definition) is 5. The lowest BCUT2D eigenvalue weighted by Gasteiger charge is -2.32. The number of carbonyl (C=O) groups is 1. The molecular formula is C14H26N2O3. The zero-order chi connectivity index (χ0) is 13.7. The molecule has 0 aromatic rings. The highest BCUT2D eigenvalue weighted by Gasteiger charge is 2.29. The summed E-state index contributed by atoms with van der Waals surface area (Å²) in [6.07, 6.45) is 5.86. The van der Waals surface area contributed by atoms with Gasteiger partial charge in [-0.1, -0.05) is 0 Å². The number of ether oxygens (including phenoxy) is 2. The van der Waals surface area contributed by atoms with Crippen molar-refractivity contribution in [1.29, 1.82) is 0 Å². The predicted octanol–water partition coefficient (Wildman–Crippen LogP) is 0.781. The maximum absolute atomic E-state index is 11.7. The van der Waals surface area contributed by atoms with Crippen LogP contribution in [0.15, 0.2) is 0 Å². The topological polar surface area (TPSA) is 50.8 Å². The van der Waals surface area contributed by atoms with E-state index in [9.17, 15) is 4.79 Å². The maximum atomic E-state index is 11.7. The Hall–Kier alpha value is -0.650. The molecule has 0 bridgehead atoms. The van der Waals surface area contributed by atoms with Crippen LogP contribution in [0.25, 0.3) is 0 Å². The third-order valence-electron chi connectivity index (χ3n) is 4.03. The fraction of sp³-hybridized carbons (Fsp3) is 0.929. The first kappa shape index (κ1) is 14.8. The number of piperidine rings is 1. The minimum absolute atomic E-state index is 0.132. The van der Waals surface area contributed by atoms with Gasteiger partial charge in [0.2, 0.25) is 0 Å². The van der Waals surface area contributed by atoms with Crippen molar-refractivity contribution in [2.24, 2.45) is 0 Å². The summed E-state index contributed by atoms with van der Waals surface area (Å²) in [6.45, 7) is 3.02. The Labute approximate surface area is 115 Å². The fourth-order valence-electron chi connectivity index (χ4n) is 2.67. The monoisotopic (exact) mass is 270 g/mol. The van der Waals surface area contributed by atoms with Gasteiger partial charge in [0, 0.05) is 26.2 Å². The molecule has 0 amide bonds. The van der Waals surface area contributed by atoms with Crippen LogP contribution < -0.4 is 5.32 Å². The van der Waals surface area contributed by atoms with E-state index in [-0.39, 0.29) is 12.0 Å². The van der Waals surface area contributed by atoms with Crippen molar-refractivity contribution in [3.05, 3.63) is 0 Å². The Morgan fingerprint density at radius 3 is 2.79 bits per heavy atom. The summed E-state index contributed by atoms with van der Waals surface area (Å²) < 4.78 is 10.3. The second kappa shape index (κ2) is 7.22. The van der Waals surface area contributed by atoms with Gasteiger partial charge in [-0.15, -0.1) is 0 Å². The van der Waals surface area contributed by atoms with Gasteiger partial charge < -0.3 is 19.7 Å². The van der Waals surface area contributed by atoms with Crippen LogP contribution in [0.2, 0.25) is 0 Å². The van der Waals surface area contributed by atoms with E-state index in [1.165, 1.54) is 26.4 Å². The summed E-state index contributed by atoms with van der Waals surface area (Å²) in [5.41, 5.74) is 0. The number of nitrogens with zero attached hydrogens (tertiary/aromatic N) is 1. The van der Waals surface area contributed by atoms with Crippen molar-refractivity contribution in [3.63, 3.8) is 0 Å². The van der Waals surface area contributed by atoms with Gasteiger partial charge in [0.25, 0.3) is 0 Å². The molecule has 2 aliphatic rings. The molecule has 0 radical (unpaired) electrons. The van der Waals surface area contributed by atoms with Crippen LogP contribution in [0, 0.1) is 0 Å². The number of likely N-dealkylation sites (tertiary alicyclic amines) is 1. The van der Waals surface area contributed by atoms with E-state index in [4.69, 9.17) is 9.47 Å². The zero-order valence-corrected chi connectivity index (χ0v) is 12.1. The molecule has 110 valence electrons. The van der Waals surface area contributed by atoms with Gasteiger partial charge in [-0.3, -0.25) is 4.79 Å². The zero-order valence-electron chi connectivity index (χ0n) is 12.1. The molecule has 2 atom stereocenters. The van der Waals surface area contributed by atoms with E-state index in [0.29, 0.717) is 12.1 Å². The van der Waals surface area contributed by atoms with Crippen LogP contribution in [0.4, 0.5) is 0 Å². The summed E-state index contributed by atoms with van der Waals surface area (Å²) in [5.74, 6) is -0.132. The molecule has 19 heavy (non-hydrogen) atoms. The molecule has 0 aromatic carbocycles. The van der Waals surface area contributed by atoms with Gasteiger partial charge in [0.1, 0.15) is 6.04 Å². The van der Waals surface area contributed by atoms with Crippen LogP contribution in [0.3, 0.4) is 0 Å². The molecule has 2 rings (SSSR count). The molecule has 1 N–H and O–H groups in total. The highest BCUT2D eigenvalue weighted by molar-refractivity contribution is 5.75. The van der Waals surface area contributed by atoms with Crippen molar-refractivity contribution >= 4 is 5.97 Å². The molecule has 1 saturated heterocycles. The molecular weight excluding hydrogens is 244 g/mol. The van der Waals surface area contributed by atoms with E-state index in [2.05, 4.69) is 10.2 Å². The molecule has 1 saturated carbocycles. The van der Waals surface area contributed by atoms with Crippen LogP contribution in [0.5, 0.6) is 0 Å². The van der Waals surface area contributed by atoms with Crippen molar-refractivity contribution in [2.75, 3.05) is 33.9 Å². The lowest BCUT2D eigenvalue weighted by Crippen LogP contribution is -2.44. The largest absolute Gasteiger partial charge is 0.468 e. The Morgan fingerprint density at radius 1 is 1.37 bits per heavy atom. The van der Waals surface area contributed by atoms with Crippen LogP contribution in [-0.4, -0.2) is 62.9 Å². The van der Waals surface area contributed by atoms with Crippen molar-refractivity contribution in [3.8, 4) is 0 Å². The van der Waals surface area contributed by atoms with E-state index in [1.54, 1.807) is 7.11 Å². The number of nitrogens with one attached hydrogen (secondary N) is 1. The predicted molar refractivity (Wildman–Crippen MR) is 73.0 cm³/mol. The normalized spacial score (nSPS) is 26.1. The standard InChI is InChI=1S/C14H26N2O3/c1-18-12-4-3-8-16(10-12)9-7-13(14(17)19-2)15-11-5-6-11/h11-13,15H,3-10H2,1-2H3. The highest BCUT2D eigenvalue weighted by Crippen LogP contribution is 2.20.